The summed E-state index contributed by atoms with van der Waals surface area (Å²) in [4.78, 5) is 23.3. The number of aryl methyl sites for hydroxylation is 1. The number of nitrogens with zero attached hydrogens (tertiary/aromatic N) is 1. The Morgan fingerprint density at radius 3 is 2.69 bits per heavy atom. The lowest BCUT2D eigenvalue weighted by Gasteiger charge is -2.58. The summed E-state index contributed by atoms with van der Waals surface area (Å²) < 4.78 is 16.4. The molecule has 0 saturated heterocycles. The lowest BCUT2D eigenvalue weighted by atomic mass is 9.46. The molecule has 6 nitrogen and oxygen atoms in total. The Morgan fingerprint density at radius 1 is 1.12 bits per heavy atom. The van der Waals surface area contributed by atoms with Crippen LogP contribution in [0.2, 0.25) is 0 Å². The number of ether oxygens (including phenoxy) is 2. The molecule has 6 heteroatoms. The number of benzene rings is 1. The molecule has 32 heavy (non-hydrogen) atoms. The number of carbonyl (C=O) groups excluding carboxylic acids is 2. The zero-order valence-electron chi connectivity index (χ0n) is 19.1. The van der Waals surface area contributed by atoms with E-state index in [2.05, 4.69) is 18.1 Å². The number of fused-ring (bicyclic) bond motifs is 5. The second-order valence-corrected chi connectivity index (χ2v) is 10.1. The Bertz CT molecular complexity index is 1030. The summed E-state index contributed by atoms with van der Waals surface area (Å²) in [5.41, 5.74) is 3.57. The van der Waals surface area contributed by atoms with Crippen LogP contribution in [0.1, 0.15) is 75.6 Å². The molecule has 1 heterocycles. The van der Waals surface area contributed by atoms with E-state index < -0.39 is 0 Å². The zero-order chi connectivity index (χ0) is 22.5. The lowest BCUT2D eigenvalue weighted by molar-refractivity contribution is -0.161. The van der Waals surface area contributed by atoms with Crippen molar-refractivity contribution in [3.05, 3.63) is 47.3 Å². The van der Waals surface area contributed by atoms with Crippen LogP contribution in [-0.2, 0) is 27.2 Å². The van der Waals surface area contributed by atoms with Gasteiger partial charge in [-0.1, -0.05) is 18.1 Å². The Morgan fingerprint density at radius 2 is 1.97 bits per heavy atom. The highest BCUT2D eigenvalue weighted by Gasteiger charge is 2.65. The van der Waals surface area contributed by atoms with Gasteiger partial charge in [-0.05, 0) is 85.5 Å². The first kappa shape index (κ1) is 21.2. The van der Waals surface area contributed by atoms with Gasteiger partial charge < -0.3 is 14.0 Å². The Hall–Kier alpha value is -2.63. The molecular weight excluding hydrogens is 406 g/mol. The van der Waals surface area contributed by atoms with Crippen molar-refractivity contribution in [2.45, 2.75) is 77.7 Å². The molecule has 5 atom stereocenters. The molecule has 2 fully saturated rings. The summed E-state index contributed by atoms with van der Waals surface area (Å²) >= 11 is 0. The van der Waals surface area contributed by atoms with Gasteiger partial charge in [-0.3, -0.25) is 9.59 Å². The minimum absolute atomic E-state index is 0.000841. The minimum atomic E-state index is -0.291. The van der Waals surface area contributed by atoms with Crippen molar-refractivity contribution in [3.63, 3.8) is 0 Å². The van der Waals surface area contributed by atoms with Gasteiger partial charge in [0.2, 0.25) is 0 Å². The van der Waals surface area contributed by atoms with Gasteiger partial charge in [0.05, 0.1) is 5.69 Å². The molecule has 0 bridgehead atoms. The van der Waals surface area contributed by atoms with Crippen LogP contribution in [0.3, 0.4) is 0 Å². The second kappa shape index (κ2) is 7.75. The molecule has 0 spiro atoms. The van der Waals surface area contributed by atoms with E-state index in [0.29, 0.717) is 17.6 Å². The summed E-state index contributed by atoms with van der Waals surface area (Å²) in [5, 5.41) is 4.27. The van der Waals surface area contributed by atoms with Crippen LogP contribution >= 0.6 is 0 Å². The van der Waals surface area contributed by atoms with Gasteiger partial charge in [0.25, 0.3) is 0 Å². The van der Waals surface area contributed by atoms with Crippen molar-refractivity contribution in [1.82, 2.24) is 5.16 Å². The van der Waals surface area contributed by atoms with Gasteiger partial charge in [-0.15, -0.1) is 0 Å². The van der Waals surface area contributed by atoms with Crippen LogP contribution in [0.25, 0.3) is 0 Å². The molecule has 0 radical (unpaired) electrons. The normalized spacial score (nSPS) is 33.0. The fourth-order valence-electron chi connectivity index (χ4n) is 7.39. The summed E-state index contributed by atoms with van der Waals surface area (Å²) in [7, 11) is 0. The monoisotopic (exact) mass is 437 g/mol. The van der Waals surface area contributed by atoms with Crippen molar-refractivity contribution in [1.29, 1.82) is 0 Å². The molecule has 170 valence electrons. The van der Waals surface area contributed by atoms with Gasteiger partial charge in [0.1, 0.15) is 18.1 Å². The predicted molar refractivity (Wildman–Crippen MR) is 117 cm³/mol. The van der Waals surface area contributed by atoms with Crippen LogP contribution in [0.5, 0.6) is 5.75 Å². The van der Waals surface area contributed by atoms with E-state index in [1.807, 2.05) is 18.2 Å². The molecule has 2 saturated carbocycles. The SMILES string of the molecule is CC(=O)Oc1ccc2c(c1)CC[C@@H]1[C@@H]2CC[C@]2(C)C(OC(C)=O)CC[C@]12Cc1ccon1. The van der Waals surface area contributed by atoms with Crippen molar-refractivity contribution in [3.8, 4) is 5.75 Å². The van der Waals surface area contributed by atoms with E-state index in [1.54, 1.807) is 6.26 Å². The van der Waals surface area contributed by atoms with Crippen molar-refractivity contribution < 1.29 is 23.6 Å². The molecule has 1 aromatic heterocycles. The summed E-state index contributed by atoms with van der Waals surface area (Å²) in [5.74, 6) is 1.07. The third-order valence-electron chi connectivity index (χ3n) is 8.67. The maximum Gasteiger partial charge on any atom is 0.308 e. The van der Waals surface area contributed by atoms with E-state index in [0.717, 1.165) is 50.6 Å². The minimum Gasteiger partial charge on any atom is -0.462 e. The quantitative estimate of drug-likeness (QED) is 0.495. The first-order valence-electron chi connectivity index (χ1n) is 11.7. The highest BCUT2D eigenvalue weighted by Crippen LogP contribution is 2.69. The van der Waals surface area contributed by atoms with Crippen LogP contribution in [-0.4, -0.2) is 23.2 Å². The highest BCUT2D eigenvalue weighted by atomic mass is 16.5. The fourth-order valence-corrected chi connectivity index (χ4v) is 7.39. The molecular formula is C26H31NO5. The topological polar surface area (TPSA) is 78.6 Å². The smallest absolute Gasteiger partial charge is 0.308 e. The molecule has 1 unspecified atom stereocenters. The fraction of sp³-hybridized carbons (Fsp3) is 0.577. The van der Waals surface area contributed by atoms with Gasteiger partial charge in [-0.25, -0.2) is 0 Å². The standard InChI is InChI=1S/C26H31NO5/c1-16(28)31-20-5-6-21-18(14-20)4-7-23-22(21)8-11-25(3)24(32-17(2)29)9-12-26(23,25)15-19-10-13-30-27-19/h5-6,10,13-14,22-24H,4,7-9,11-12,15H2,1-3H3/t22-,23-,24?,25-,26+/m1/s1. The van der Waals surface area contributed by atoms with E-state index in [4.69, 9.17) is 14.0 Å². The van der Waals surface area contributed by atoms with Crippen LogP contribution in [0.15, 0.2) is 35.1 Å². The van der Waals surface area contributed by atoms with Crippen LogP contribution in [0.4, 0.5) is 0 Å². The maximum atomic E-state index is 11.9. The van der Waals surface area contributed by atoms with E-state index in [9.17, 15) is 9.59 Å². The van der Waals surface area contributed by atoms with Gasteiger partial charge in [-0.2, -0.15) is 0 Å². The average Bonchev–Trinajstić information content (AvgIpc) is 3.34. The first-order valence-corrected chi connectivity index (χ1v) is 11.7. The van der Waals surface area contributed by atoms with Gasteiger partial charge >= 0.3 is 11.9 Å². The van der Waals surface area contributed by atoms with Crippen molar-refractivity contribution in [2.75, 3.05) is 0 Å². The predicted octanol–water partition coefficient (Wildman–Crippen LogP) is 5.00. The summed E-state index contributed by atoms with van der Waals surface area (Å²) in [6, 6.07) is 8.11. The summed E-state index contributed by atoms with van der Waals surface area (Å²) in [6.45, 7) is 5.29. The number of aromatic nitrogens is 1. The second-order valence-electron chi connectivity index (χ2n) is 10.1. The third-order valence-corrected chi connectivity index (χ3v) is 8.67. The third kappa shape index (κ3) is 3.26. The Kier molecular flexibility index (Phi) is 5.14. The first-order chi connectivity index (χ1) is 15.3. The van der Waals surface area contributed by atoms with Gasteiger partial charge in [0.15, 0.2) is 0 Å². The summed E-state index contributed by atoms with van der Waals surface area (Å²) in [6.07, 6.45) is 8.47. The number of carbonyl (C=O) groups is 2. The molecule has 3 aliphatic carbocycles. The molecule has 3 aliphatic rings. The molecule has 0 amide bonds. The van der Waals surface area contributed by atoms with Crippen molar-refractivity contribution >= 4 is 11.9 Å². The van der Waals surface area contributed by atoms with Crippen molar-refractivity contribution in [2.24, 2.45) is 16.7 Å². The maximum absolute atomic E-state index is 11.9. The molecule has 0 aliphatic heterocycles. The number of esters is 2. The largest absolute Gasteiger partial charge is 0.462 e. The Balaban J connectivity index is 1.54. The molecule has 0 N–H and O–H groups in total. The molecule has 2 aromatic rings. The van der Waals surface area contributed by atoms with E-state index in [-0.39, 0.29) is 28.9 Å². The van der Waals surface area contributed by atoms with Gasteiger partial charge in [0, 0.05) is 25.3 Å². The average molecular weight is 438 g/mol. The molecule has 5 rings (SSSR count). The zero-order valence-corrected chi connectivity index (χ0v) is 19.1. The van der Waals surface area contributed by atoms with Crippen LogP contribution in [0, 0.1) is 16.7 Å². The van der Waals surface area contributed by atoms with Crippen LogP contribution < -0.4 is 4.74 Å². The number of hydrogen-bond donors (Lipinski definition) is 0. The van der Waals surface area contributed by atoms with E-state index >= 15 is 0 Å². The van der Waals surface area contributed by atoms with E-state index in [1.165, 1.54) is 25.0 Å². The Labute approximate surface area is 188 Å². The highest BCUT2D eigenvalue weighted by molar-refractivity contribution is 5.69. The number of rotatable bonds is 4. The number of hydrogen-bond acceptors (Lipinski definition) is 6. The lowest BCUT2D eigenvalue weighted by Crippen LogP contribution is -2.54. The molecule has 1 aromatic carbocycles.